The number of aryl methyl sites for hydroxylation is 1. The lowest BCUT2D eigenvalue weighted by Crippen LogP contribution is -2.39. The van der Waals surface area contributed by atoms with Crippen molar-refractivity contribution >= 4 is 23.0 Å². The van der Waals surface area contributed by atoms with Crippen molar-refractivity contribution in [3.63, 3.8) is 0 Å². The average Bonchev–Trinajstić information content (AvgIpc) is 3.07. The molecular weight excluding hydrogens is 411 g/mol. The standard InChI is InChI=1S/C25H27FN2O4/c1-3-21(24(29)30)28-22-10-9-18(27-25(31)32-14-16-7-5-4-6-8-16)13-19(22)20-12-17(26)11-15(2)23(20)28/h4-8,11-12,18,21H,3,9-10,13-14H2,1-2H3,(H,27,31)(H,29,30). The molecule has 2 aromatic carbocycles. The van der Waals surface area contributed by atoms with E-state index in [1.807, 2.05) is 41.8 Å². The van der Waals surface area contributed by atoms with E-state index < -0.39 is 18.1 Å². The molecule has 0 aliphatic heterocycles. The third kappa shape index (κ3) is 4.20. The van der Waals surface area contributed by atoms with Gasteiger partial charge in [-0.3, -0.25) is 0 Å². The normalized spacial score (nSPS) is 16.4. The molecule has 0 saturated carbocycles. The summed E-state index contributed by atoms with van der Waals surface area (Å²) in [7, 11) is 0. The molecule has 3 aromatic rings. The molecule has 0 spiro atoms. The molecule has 32 heavy (non-hydrogen) atoms. The maximum absolute atomic E-state index is 14.3. The van der Waals surface area contributed by atoms with Gasteiger partial charge in [0.2, 0.25) is 0 Å². The van der Waals surface area contributed by atoms with Crippen LogP contribution in [0.2, 0.25) is 0 Å². The van der Waals surface area contributed by atoms with Gasteiger partial charge in [0, 0.05) is 17.1 Å². The van der Waals surface area contributed by atoms with Crippen LogP contribution in [0, 0.1) is 12.7 Å². The van der Waals surface area contributed by atoms with E-state index in [0.29, 0.717) is 31.2 Å². The number of aliphatic carboxylic acids is 1. The topological polar surface area (TPSA) is 80.6 Å². The summed E-state index contributed by atoms with van der Waals surface area (Å²) in [6, 6.07) is 11.5. The first-order chi connectivity index (χ1) is 15.4. The number of carbonyl (C=O) groups excluding carboxylic acids is 1. The van der Waals surface area contributed by atoms with Crippen LogP contribution in [0.3, 0.4) is 0 Å². The number of benzene rings is 2. The van der Waals surface area contributed by atoms with Crippen LogP contribution < -0.4 is 5.32 Å². The minimum absolute atomic E-state index is 0.168. The summed E-state index contributed by atoms with van der Waals surface area (Å²) in [5.41, 5.74) is 4.20. The number of carboxylic acids is 1. The summed E-state index contributed by atoms with van der Waals surface area (Å²) in [5, 5.41) is 13.4. The van der Waals surface area contributed by atoms with Crippen molar-refractivity contribution in [1.29, 1.82) is 0 Å². The second kappa shape index (κ2) is 9.02. The second-order valence-corrected chi connectivity index (χ2v) is 8.32. The molecule has 0 saturated heterocycles. The van der Waals surface area contributed by atoms with Crippen molar-refractivity contribution in [1.82, 2.24) is 9.88 Å². The van der Waals surface area contributed by atoms with E-state index >= 15 is 0 Å². The van der Waals surface area contributed by atoms with Crippen LogP contribution in [-0.4, -0.2) is 27.8 Å². The first-order valence-electron chi connectivity index (χ1n) is 10.9. The largest absolute Gasteiger partial charge is 0.480 e. The molecule has 2 unspecified atom stereocenters. The number of fused-ring (bicyclic) bond motifs is 3. The summed E-state index contributed by atoms with van der Waals surface area (Å²) in [4.78, 5) is 24.3. The lowest BCUT2D eigenvalue weighted by atomic mass is 9.91. The molecule has 1 heterocycles. The van der Waals surface area contributed by atoms with E-state index in [4.69, 9.17) is 4.74 Å². The highest BCUT2D eigenvalue weighted by molar-refractivity contribution is 5.90. The van der Waals surface area contributed by atoms with Gasteiger partial charge < -0.3 is 19.7 Å². The van der Waals surface area contributed by atoms with Gasteiger partial charge in [-0.05, 0) is 61.4 Å². The van der Waals surface area contributed by atoms with E-state index in [9.17, 15) is 19.1 Å². The maximum atomic E-state index is 14.3. The second-order valence-electron chi connectivity index (χ2n) is 8.32. The Kier molecular flexibility index (Phi) is 6.17. The first-order valence-corrected chi connectivity index (χ1v) is 10.9. The summed E-state index contributed by atoms with van der Waals surface area (Å²) in [6.07, 6.45) is 1.68. The smallest absolute Gasteiger partial charge is 0.407 e. The lowest BCUT2D eigenvalue weighted by Gasteiger charge is -2.26. The SMILES string of the molecule is CCC(C(=O)O)n1c2c(c3cc(F)cc(C)c31)CC(NC(=O)OCc1ccccc1)CC2. The molecule has 6 nitrogen and oxygen atoms in total. The van der Waals surface area contributed by atoms with Crippen molar-refractivity contribution in [2.45, 2.75) is 58.2 Å². The van der Waals surface area contributed by atoms with Crippen molar-refractivity contribution in [2.24, 2.45) is 0 Å². The molecule has 4 rings (SSSR count). The van der Waals surface area contributed by atoms with E-state index in [0.717, 1.165) is 27.7 Å². The number of rotatable bonds is 6. The Hall–Kier alpha value is -3.35. The van der Waals surface area contributed by atoms with E-state index in [2.05, 4.69) is 5.32 Å². The van der Waals surface area contributed by atoms with E-state index in [1.54, 1.807) is 6.92 Å². The zero-order chi connectivity index (χ0) is 22.8. The molecule has 1 aliphatic rings. The number of aromatic nitrogens is 1. The quantitative estimate of drug-likeness (QED) is 0.573. The van der Waals surface area contributed by atoms with Gasteiger partial charge in [0.1, 0.15) is 18.5 Å². The van der Waals surface area contributed by atoms with Crippen molar-refractivity contribution in [2.75, 3.05) is 0 Å². The summed E-state index contributed by atoms with van der Waals surface area (Å²) in [5.74, 6) is -1.25. The van der Waals surface area contributed by atoms with Crippen molar-refractivity contribution in [3.8, 4) is 0 Å². The van der Waals surface area contributed by atoms with Gasteiger partial charge in [-0.25, -0.2) is 14.0 Å². The molecule has 2 atom stereocenters. The Balaban J connectivity index is 1.60. The molecule has 1 aliphatic carbocycles. The van der Waals surface area contributed by atoms with Gasteiger partial charge in [0.05, 0.1) is 5.52 Å². The Morgan fingerprint density at radius 3 is 2.72 bits per heavy atom. The minimum Gasteiger partial charge on any atom is -0.480 e. The molecule has 7 heteroatoms. The average molecular weight is 438 g/mol. The van der Waals surface area contributed by atoms with Crippen LogP contribution >= 0.6 is 0 Å². The number of nitrogens with one attached hydrogen (secondary N) is 1. The number of carbonyl (C=O) groups is 2. The van der Waals surface area contributed by atoms with Crippen LogP contribution in [0.5, 0.6) is 0 Å². The zero-order valence-electron chi connectivity index (χ0n) is 18.2. The highest BCUT2D eigenvalue weighted by Gasteiger charge is 2.31. The molecule has 0 bridgehead atoms. The third-order valence-electron chi connectivity index (χ3n) is 6.17. The van der Waals surface area contributed by atoms with Gasteiger partial charge in [-0.2, -0.15) is 0 Å². The molecule has 1 amide bonds. The van der Waals surface area contributed by atoms with E-state index in [1.165, 1.54) is 12.1 Å². The third-order valence-corrected chi connectivity index (χ3v) is 6.17. The fourth-order valence-corrected chi connectivity index (χ4v) is 4.75. The highest BCUT2D eigenvalue weighted by Crippen LogP contribution is 2.37. The van der Waals surface area contributed by atoms with Crippen LogP contribution in [0.25, 0.3) is 10.9 Å². The Morgan fingerprint density at radius 1 is 1.28 bits per heavy atom. The summed E-state index contributed by atoms with van der Waals surface area (Å²) < 4.78 is 21.5. The number of nitrogens with zero attached hydrogens (tertiary/aromatic N) is 1. The van der Waals surface area contributed by atoms with Gasteiger partial charge in [-0.15, -0.1) is 0 Å². The maximum Gasteiger partial charge on any atom is 0.407 e. The number of alkyl carbamates (subject to hydrolysis) is 1. The number of hydrogen-bond acceptors (Lipinski definition) is 3. The fraction of sp³-hybridized carbons (Fsp3) is 0.360. The minimum atomic E-state index is -0.902. The van der Waals surface area contributed by atoms with Gasteiger partial charge in [0.25, 0.3) is 0 Å². The number of amides is 1. The molecule has 0 fully saturated rings. The molecule has 0 radical (unpaired) electrons. The molecular formula is C25H27FN2O4. The Morgan fingerprint density at radius 2 is 2.03 bits per heavy atom. The van der Waals surface area contributed by atoms with Gasteiger partial charge in [0.15, 0.2) is 0 Å². The Bertz CT molecular complexity index is 1160. The van der Waals surface area contributed by atoms with E-state index in [-0.39, 0.29) is 18.5 Å². The van der Waals surface area contributed by atoms with Gasteiger partial charge in [-0.1, -0.05) is 37.3 Å². The van der Waals surface area contributed by atoms with Crippen LogP contribution in [0.4, 0.5) is 9.18 Å². The van der Waals surface area contributed by atoms with Crippen molar-refractivity contribution in [3.05, 3.63) is 70.7 Å². The summed E-state index contributed by atoms with van der Waals surface area (Å²) >= 11 is 0. The number of carboxylic acid groups (broad SMARTS) is 1. The number of hydrogen-bond donors (Lipinski definition) is 2. The molecule has 2 N–H and O–H groups in total. The Labute approximate surface area is 186 Å². The zero-order valence-corrected chi connectivity index (χ0v) is 18.2. The first kappa shape index (κ1) is 21.9. The van der Waals surface area contributed by atoms with Crippen molar-refractivity contribution < 1.29 is 23.8 Å². The lowest BCUT2D eigenvalue weighted by molar-refractivity contribution is -0.140. The van der Waals surface area contributed by atoms with Crippen LogP contribution in [0.15, 0.2) is 42.5 Å². The molecule has 168 valence electrons. The monoisotopic (exact) mass is 438 g/mol. The fourth-order valence-electron chi connectivity index (χ4n) is 4.75. The van der Waals surface area contributed by atoms with Crippen LogP contribution in [0.1, 0.15) is 48.2 Å². The number of halogens is 1. The molecule has 1 aromatic heterocycles. The number of ether oxygens (including phenoxy) is 1. The predicted molar refractivity (Wildman–Crippen MR) is 119 cm³/mol. The van der Waals surface area contributed by atoms with Gasteiger partial charge >= 0.3 is 12.1 Å². The van der Waals surface area contributed by atoms with Crippen LogP contribution in [-0.2, 0) is 29.0 Å². The summed E-state index contributed by atoms with van der Waals surface area (Å²) in [6.45, 7) is 3.83. The highest BCUT2D eigenvalue weighted by atomic mass is 19.1. The predicted octanol–water partition coefficient (Wildman–Crippen LogP) is 4.91.